The Morgan fingerprint density at radius 2 is 2.12 bits per heavy atom. The molecule has 0 unspecified atom stereocenters. The molecule has 1 heterocycles. The number of hydrogen-bond donors (Lipinski definition) is 1. The largest absolute Gasteiger partial charge is 0.280 e. The van der Waals surface area contributed by atoms with Gasteiger partial charge in [-0.15, -0.1) is 0 Å². The fraction of sp³-hybridized carbons (Fsp3) is 0.143. The Hall–Kier alpha value is -0.860. The van der Waals surface area contributed by atoms with Crippen molar-refractivity contribution in [3.63, 3.8) is 0 Å². The van der Waals surface area contributed by atoms with Crippen molar-refractivity contribution in [1.29, 1.82) is 5.26 Å². The lowest BCUT2D eigenvalue weighted by molar-refractivity contribution is 0.145. The van der Waals surface area contributed by atoms with Crippen molar-refractivity contribution >= 4 is 32.6 Å². The predicted molar refractivity (Wildman–Crippen MR) is 58.0 cm³/mol. The van der Waals surface area contributed by atoms with Crippen molar-refractivity contribution in [2.45, 2.75) is 11.3 Å². The number of nitrogens with two attached hydrogens (primary N) is 1. The normalized spacial score (nSPS) is 11.5. The molecular formula is C7H4F2IN3O2S. The van der Waals surface area contributed by atoms with E-state index in [0.717, 1.165) is 0 Å². The minimum Gasteiger partial charge on any atom is -0.235 e. The van der Waals surface area contributed by atoms with Gasteiger partial charge < -0.3 is 0 Å². The fourth-order valence-corrected chi connectivity index (χ4v) is 2.87. The summed E-state index contributed by atoms with van der Waals surface area (Å²) in [5.41, 5.74) is -1.18. The van der Waals surface area contributed by atoms with Gasteiger partial charge in [0.05, 0.1) is 3.57 Å². The van der Waals surface area contributed by atoms with E-state index in [1.807, 2.05) is 0 Å². The highest BCUT2D eigenvalue weighted by Crippen LogP contribution is 2.25. The second-order valence-corrected chi connectivity index (χ2v) is 5.27. The molecule has 1 aromatic rings. The van der Waals surface area contributed by atoms with Crippen molar-refractivity contribution in [2.24, 2.45) is 5.14 Å². The van der Waals surface area contributed by atoms with E-state index in [1.165, 1.54) is 28.7 Å². The molecule has 9 heteroatoms. The third kappa shape index (κ3) is 2.63. The molecule has 1 aromatic heterocycles. The molecule has 0 radical (unpaired) electrons. The molecule has 0 bridgehead atoms. The van der Waals surface area contributed by atoms with Crippen molar-refractivity contribution in [2.75, 3.05) is 0 Å². The first-order valence-electron chi connectivity index (χ1n) is 3.69. The quantitative estimate of drug-likeness (QED) is 0.801. The smallest absolute Gasteiger partial charge is 0.235 e. The van der Waals surface area contributed by atoms with Crippen LogP contribution in [0.2, 0.25) is 0 Å². The van der Waals surface area contributed by atoms with Crippen LogP contribution in [0.25, 0.3) is 0 Å². The number of sulfonamides is 1. The molecule has 0 saturated heterocycles. The SMILES string of the molecule is N#Cc1nc(C(F)F)cc(S(N)(=O)=O)c1I. The van der Waals surface area contributed by atoms with Gasteiger partial charge in [0.25, 0.3) is 6.43 Å². The number of alkyl halides is 2. The van der Waals surface area contributed by atoms with Crippen molar-refractivity contribution < 1.29 is 17.2 Å². The van der Waals surface area contributed by atoms with Crippen molar-refractivity contribution in [3.8, 4) is 6.07 Å². The molecule has 0 aliphatic heterocycles. The number of nitriles is 1. The Labute approximate surface area is 103 Å². The second kappa shape index (κ2) is 4.56. The summed E-state index contributed by atoms with van der Waals surface area (Å²) in [7, 11) is -4.15. The van der Waals surface area contributed by atoms with Crippen LogP contribution in [0.15, 0.2) is 11.0 Å². The summed E-state index contributed by atoms with van der Waals surface area (Å²) >= 11 is 1.52. The minimum atomic E-state index is -4.15. The topological polar surface area (TPSA) is 96.8 Å². The zero-order valence-corrected chi connectivity index (χ0v) is 10.5. The van der Waals surface area contributed by atoms with Gasteiger partial charge in [-0.05, 0) is 28.7 Å². The molecule has 0 saturated carbocycles. The zero-order chi connectivity index (χ0) is 12.5. The number of nitrogens with zero attached hydrogens (tertiary/aromatic N) is 2. The fourth-order valence-electron chi connectivity index (χ4n) is 0.918. The Bertz CT molecular complexity index is 568. The highest BCUT2D eigenvalue weighted by Gasteiger charge is 2.21. The zero-order valence-electron chi connectivity index (χ0n) is 7.49. The Morgan fingerprint density at radius 1 is 1.56 bits per heavy atom. The third-order valence-corrected chi connectivity index (χ3v) is 3.97. The molecule has 1 rings (SSSR count). The summed E-state index contributed by atoms with van der Waals surface area (Å²) < 4.78 is 46.9. The Morgan fingerprint density at radius 3 is 2.50 bits per heavy atom. The number of rotatable bonds is 2. The molecule has 5 nitrogen and oxygen atoms in total. The average molecular weight is 359 g/mol. The Balaban J connectivity index is 3.63. The van der Waals surface area contributed by atoms with Gasteiger partial charge in [-0.1, -0.05) is 0 Å². The maximum Gasteiger partial charge on any atom is 0.280 e. The molecule has 0 aromatic carbocycles. The minimum absolute atomic E-state index is 0.0630. The van der Waals surface area contributed by atoms with Crippen LogP contribution < -0.4 is 5.14 Å². The molecule has 0 amide bonds. The number of aromatic nitrogens is 1. The van der Waals surface area contributed by atoms with Gasteiger partial charge in [0.2, 0.25) is 10.0 Å². The van der Waals surface area contributed by atoms with E-state index in [9.17, 15) is 17.2 Å². The van der Waals surface area contributed by atoms with E-state index in [2.05, 4.69) is 4.98 Å². The van der Waals surface area contributed by atoms with Gasteiger partial charge in [0, 0.05) is 0 Å². The van der Waals surface area contributed by atoms with Crippen LogP contribution in [0, 0.1) is 14.9 Å². The van der Waals surface area contributed by atoms with E-state index < -0.39 is 27.0 Å². The number of pyridine rings is 1. The Kier molecular flexibility index (Phi) is 3.76. The maximum atomic E-state index is 12.4. The van der Waals surface area contributed by atoms with E-state index >= 15 is 0 Å². The standard InChI is InChI=1S/C7H4F2IN3O2S/c8-7(9)3-1-5(16(12,14)15)6(10)4(2-11)13-3/h1,7H,(H2,12,14,15). The summed E-state index contributed by atoms with van der Waals surface area (Å²) in [6.07, 6.45) is -2.97. The highest BCUT2D eigenvalue weighted by atomic mass is 127. The van der Waals surface area contributed by atoms with Crippen LogP contribution in [-0.2, 0) is 10.0 Å². The third-order valence-electron chi connectivity index (χ3n) is 1.58. The average Bonchev–Trinajstić information content (AvgIpc) is 2.15. The highest BCUT2D eigenvalue weighted by molar-refractivity contribution is 14.1. The van der Waals surface area contributed by atoms with Gasteiger partial charge in [-0.3, -0.25) is 0 Å². The number of hydrogen-bond acceptors (Lipinski definition) is 4. The molecule has 2 N–H and O–H groups in total. The van der Waals surface area contributed by atoms with E-state index in [1.54, 1.807) is 0 Å². The second-order valence-electron chi connectivity index (χ2n) is 2.67. The number of primary sulfonamides is 1. The monoisotopic (exact) mass is 359 g/mol. The molecule has 0 spiro atoms. The van der Waals surface area contributed by atoms with Gasteiger partial charge in [-0.2, -0.15) is 5.26 Å². The van der Waals surface area contributed by atoms with E-state index in [-0.39, 0.29) is 9.26 Å². The van der Waals surface area contributed by atoms with Crippen LogP contribution >= 0.6 is 22.6 Å². The summed E-state index contributed by atoms with van der Waals surface area (Å²) in [4.78, 5) is 2.81. The van der Waals surface area contributed by atoms with Crippen molar-refractivity contribution in [3.05, 3.63) is 21.0 Å². The van der Waals surface area contributed by atoms with E-state index in [4.69, 9.17) is 10.4 Å². The van der Waals surface area contributed by atoms with Crippen LogP contribution in [-0.4, -0.2) is 13.4 Å². The molecule has 0 aliphatic rings. The van der Waals surface area contributed by atoms with Gasteiger partial charge >= 0.3 is 0 Å². The summed E-state index contributed by atoms with van der Waals surface area (Å²) in [6.45, 7) is 0. The maximum absolute atomic E-state index is 12.4. The van der Waals surface area contributed by atoms with Crippen LogP contribution in [0.1, 0.15) is 17.8 Å². The first-order valence-corrected chi connectivity index (χ1v) is 6.31. The lowest BCUT2D eigenvalue weighted by atomic mass is 10.3. The number of halogens is 3. The molecule has 0 fully saturated rings. The molecule has 16 heavy (non-hydrogen) atoms. The molecular weight excluding hydrogens is 355 g/mol. The summed E-state index contributed by atoms with van der Waals surface area (Å²) in [6, 6.07) is 2.20. The first-order chi connectivity index (χ1) is 7.27. The van der Waals surface area contributed by atoms with Crippen LogP contribution in [0.4, 0.5) is 8.78 Å². The molecule has 0 aliphatic carbocycles. The predicted octanol–water partition coefficient (Wildman–Crippen LogP) is 1.14. The first kappa shape index (κ1) is 13.2. The summed E-state index contributed by atoms with van der Waals surface area (Å²) in [5.74, 6) is 0. The van der Waals surface area contributed by atoms with Gasteiger partial charge in [0.15, 0.2) is 5.69 Å². The lowest BCUT2D eigenvalue weighted by Crippen LogP contribution is -2.16. The lowest BCUT2D eigenvalue weighted by Gasteiger charge is -2.06. The molecule has 86 valence electrons. The van der Waals surface area contributed by atoms with Crippen LogP contribution in [0.3, 0.4) is 0 Å². The summed E-state index contributed by atoms with van der Waals surface area (Å²) in [5, 5.41) is 13.5. The van der Waals surface area contributed by atoms with Gasteiger partial charge in [0.1, 0.15) is 16.7 Å². The molecule has 0 atom stereocenters. The van der Waals surface area contributed by atoms with E-state index in [0.29, 0.717) is 6.07 Å². The van der Waals surface area contributed by atoms with Crippen LogP contribution in [0.5, 0.6) is 0 Å². The van der Waals surface area contributed by atoms with Gasteiger partial charge in [-0.25, -0.2) is 27.3 Å². The van der Waals surface area contributed by atoms with Crippen molar-refractivity contribution in [1.82, 2.24) is 4.98 Å².